The molecular formula is C9H12F6O. The van der Waals surface area contributed by atoms with E-state index in [-0.39, 0.29) is 0 Å². The molecule has 1 N–H and O–H groups in total. The van der Waals surface area contributed by atoms with Gasteiger partial charge < -0.3 is 5.11 Å². The molecule has 1 saturated carbocycles. The lowest BCUT2D eigenvalue weighted by Crippen LogP contribution is -2.39. The molecule has 0 aromatic heterocycles. The fraction of sp³-hybridized carbons (Fsp3) is 1.00. The maximum atomic E-state index is 12.4. The Kier molecular flexibility index (Phi) is 3.76. The minimum atomic E-state index is -4.61. The van der Waals surface area contributed by atoms with Crippen LogP contribution in [-0.2, 0) is 0 Å². The number of hydrogen-bond donors (Lipinski definition) is 1. The zero-order valence-electron chi connectivity index (χ0n) is 8.28. The van der Waals surface area contributed by atoms with Crippen LogP contribution >= 0.6 is 0 Å². The first kappa shape index (κ1) is 13.6. The summed E-state index contributed by atoms with van der Waals surface area (Å²) in [6.45, 7) is -0.626. The summed E-state index contributed by atoms with van der Waals surface area (Å²) >= 11 is 0. The van der Waals surface area contributed by atoms with Crippen molar-refractivity contribution in [2.75, 3.05) is 6.61 Å². The Labute approximate surface area is 88.4 Å². The summed E-state index contributed by atoms with van der Waals surface area (Å²) in [5, 5.41) is 8.72. The molecule has 0 aromatic carbocycles. The van der Waals surface area contributed by atoms with Crippen LogP contribution in [0.3, 0.4) is 0 Å². The minimum absolute atomic E-state index is 0.410. The Morgan fingerprint density at radius 1 is 0.812 bits per heavy atom. The normalized spacial score (nSPS) is 32.8. The van der Waals surface area contributed by atoms with Crippen LogP contribution in [0.15, 0.2) is 0 Å². The van der Waals surface area contributed by atoms with Crippen molar-refractivity contribution < 1.29 is 31.4 Å². The maximum absolute atomic E-state index is 12.4. The maximum Gasteiger partial charge on any atom is 0.391 e. The zero-order valence-corrected chi connectivity index (χ0v) is 8.28. The summed E-state index contributed by atoms with van der Waals surface area (Å²) in [7, 11) is 0. The molecule has 0 saturated heterocycles. The van der Waals surface area contributed by atoms with Crippen LogP contribution in [-0.4, -0.2) is 24.1 Å². The monoisotopic (exact) mass is 250 g/mol. The second kappa shape index (κ2) is 4.43. The molecule has 1 rings (SSSR count). The average molecular weight is 250 g/mol. The third kappa shape index (κ3) is 3.26. The SMILES string of the molecule is OCC1CC(C(F)(F)F)CC(C(F)(F)F)C1. The van der Waals surface area contributed by atoms with Gasteiger partial charge in [-0.05, 0) is 25.2 Å². The minimum Gasteiger partial charge on any atom is -0.396 e. The van der Waals surface area contributed by atoms with Crippen LogP contribution in [0.1, 0.15) is 19.3 Å². The number of halogens is 6. The first-order valence-corrected chi connectivity index (χ1v) is 4.89. The van der Waals surface area contributed by atoms with Gasteiger partial charge in [-0.3, -0.25) is 0 Å². The molecule has 0 spiro atoms. The van der Waals surface area contributed by atoms with Gasteiger partial charge in [0, 0.05) is 6.61 Å². The number of hydrogen-bond acceptors (Lipinski definition) is 1. The number of rotatable bonds is 1. The van der Waals surface area contributed by atoms with Gasteiger partial charge >= 0.3 is 12.4 Å². The van der Waals surface area contributed by atoms with E-state index in [1.54, 1.807) is 0 Å². The lowest BCUT2D eigenvalue weighted by Gasteiger charge is -2.35. The molecular weight excluding hydrogens is 238 g/mol. The summed E-state index contributed by atoms with van der Waals surface area (Å²) < 4.78 is 74.2. The van der Waals surface area contributed by atoms with E-state index in [9.17, 15) is 26.3 Å². The summed E-state index contributed by atoms with van der Waals surface area (Å²) in [6.07, 6.45) is -11.0. The molecule has 0 heterocycles. The van der Waals surface area contributed by atoms with Gasteiger partial charge in [0.05, 0.1) is 11.8 Å². The lowest BCUT2D eigenvalue weighted by atomic mass is 9.75. The van der Waals surface area contributed by atoms with E-state index in [1.807, 2.05) is 0 Å². The van der Waals surface area contributed by atoms with Gasteiger partial charge in [-0.2, -0.15) is 26.3 Å². The van der Waals surface area contributed by atoms with Crippen LogP contribution in [0, 0.1) is 17.8 Å². The molecule has 16 heavy (non-hydrogen) atoms. The van der Waals surface area contributed by atoms with Gasteiger partial charge in [0.15, 0.2) is 0 Å². The highest BCUT2D eigenvalue weighted by atomic mass is 19.4. The molecule has 0 amide bonds. The molecule has 7 heteroatoms. The highest BCUT2D eigenvalue weighted by molar-refractivity contribution is 4.85. The molecule has 1 fully saturated rings. The van der Waals surface area contributed by atoms with E-state index >= 15 is 0 Å². The molecule has 2 unspecified atom stereocenters. The standard InChI is InChI=1S/C9H12F6O/c10-8(11,12)6-1-5(4-16)2-7(3-6)9(13,14)15/h5-7,16H,1-4H2. The highest BCUT2D eigenvalue weighted by Gasteiger charge is 2.51. The predicted molar refractivity (Wildman–Crippen MR) is 43.5 cm³/mol. The van der Waals surface area contributed by atoms with E-state index in [1.165, 1.54) is 0 Å². The molecule has 2 atom stereocenters. The van der Waals surface area contributed by atoms with Crippen LogP contribution in [0.4, 0.5) is 26.3 Å². The van der Waals surface area contributed by atoms with Crippen LogP contribution < -0.4 is 0 Å². The molecule has 1 aliphatic rings. The molecule has 0 radical (unpaired) electrons. The summed E-state index contributed by atoms with van der Waals surface area (Å²) in [5.74, 6) is -4.82. The Hall–Kier alpha value is -0.460. The molecule has 1 aliphatic carbocycles. The molecule has 96 valence electrons. The highest BCUT2D eigenvalue weighted by Crippen LogP contribution is 2.47. The Morgan fingerprint density at radius 2 is 1.19 bits per heavy atom. The van der Waals surface area contributed by atoms with Crippen molar-refractivity contribution in [2.24, 2.45) is 17.8 Å². The first-order chi connectivity index (χ1) is 7.14. The Morgan fingerprint density at radius 3 is 1.44 bits per heavy atom. The smallest absolute Gasteiger partial charge is 0.391 e. The van der Waals surface area contributed by atoms with Crippen molar-refractivity contribution in [3.05, 3.63) is 0 Å². The van der Waals surface area contributed by atoms with Crippen molar-refractivity contribution >= 4 is 0 Å². The van der Waals surface area contributed by atoms with Gasteiger partial charge in [-0.15, -0.1) is 0 Å². The molecule has 1 nitrogen and oxygen atoms in total. The average Bonchev–Trinajstić information content (AvgIpc) is 2.14. The fourth-order valence-corrected chi connectivity index (χ4v) is 2.12. The van der Waals surface area contributed by atoms with E-state index in [0.29, 0.717) is 0 Å². The van der Waals surface area contributed by atoms with Crippen LogP contribution in [0.25, 0.3) is 0 Å². The van der Waals surface area contributed by atoms with E-state index in [2.05, 4.69) is 0 Å². The summed E-state index contributed by atoms with van der Waals surface area (Å²) in [4.78, 5) is 0. The van der Waals surface area contributed by atoms with Crippen LogP contribution in [0.5, 0.6) is 0 Å². The fourth-order valence-electron chi connectivity index (χ4n) is 2.12. The zero-order chi connectivity index (χ0) is 12.6. The number of aliphatic hydroxyl groups is 1. The van der Waals surface area contributed by atoms with Gasteiger partial charge in [0.2, 0.25) is 0 Å². The molecule has 0 bridgehead atoms. The van der Waals surface area contributed by atoms with Crippen molar-refractivity contribution in [1.82, 2.24) is 0 Å². The van der Waals surface area contributed by atoms with E-state index in [4.69, 9.17) is 5.11 Å². The Balaban J connectivity index is 2.77. The van der Waals surface area contributed by atoms with Crippen molar-refractivity contribution in [3.8, 4) is 0 Å². The van der Waals surface area contributed by atoms with Gasteiger partial charge in [-0.1, -0.05) is 0 Å². The third-order valence-corrected chi connectivity index (χ3v) is 2.99. The van der Waals surface area contributed by atoms with Gasteiger partial charge in [0.1, 0.15) is 0 Å². The molecule has 0 aromatic rings. The van der Waals surface area contributed by atoms with Crippen molar-refractivity contribution in [3.63, 3.8) is 0 Å². The number of aliphatic hydroxyl groups excluding tert-OH is 1. The van der Waals surface area contributed by atoms with E-state index < -0.39 is 56.0 Å². The summed E-state index contributed by atoms with van der Waals surface area (Å²) in [5.41, 5.74) is 0. The van der Waals surface area contributed by atoms with Crippen molar-refractivity contribution in [1.29, 1.82) is 0 Å². The second-order valence-electron chi connectivity index (χ2n) is 4.23. The molecule has 0 aliphatic heterocycles. The lowest BCUT2D eigenvalue weighted by molar-refractivity contribution is -0.229. The largest absolute Gasteiger partial charge is 0.396 e. The first-order valence-electron chi connectivity index (χ1n) is 4.89. The third-order valence-electron chi connectivity index (χ3n) is 2.99. The van der Waals surface area contributed by atoms with Crippen molar-refractivity contribution in [2.45, 2.75) is 31.6 Å². The summed E-state index contributed by atoms with van der Waals surface area (Å²) in [6, 6.07) is 0. The topological polar surface area (TPSA) is 20.2 Å². The van der Waals surface area contributed by atoms with Gasteiger partial charge in [-0.25, -0.2) is 0 Å². The number of alkyl halides is 6. The second-order valence-corrected chi connectivity index (χ2v) is 4.23. The van der Waals surface area contributed by atoms with E-state index in [0.717, 1.165) is 0 Å². The quantitative estimate of drug-likeness (QED) is 0.709. The van der Waals surface area contributed by atoms with Gasteiger partial charge in [0.25, 0.3) is 0 Å². The predicted octanol–water partition coefficient (Wildman–Crippen LogP) is 3.14. The van der Waals surface area contributed by atoms with Crippen LogP contribution in [0.2, 0.25) is 0 Å². The Bertz CT molecular complexity index is 211.